The van der Waals surface area contributed by atoms with E-state index in [1.54, 1.807) is 30.5 Å². The van der Waals surface area contributed by atoms with Gasteiger partial charge in [0.05, 0.1) is 0 Å². The minimum Gasteiger partial charge on any atom is -0.398 e. The molecule has 0 fully saturated rings. The highest BCUT2D eigenvalue weighted by Crippen LogP contribution is 2.28. The summed E-state index contributed by atoms with van der Waals surface area (Å²) in [5.41, 5.74) is 7.36. The molecule has 1 aromatic heterocycles. The van der Waals surface area contributed by atoms with Crippen molar-refractivity contribution in [3.63, 3.8) is 0 Å². The quantitative estimate of drug-likeness (QED) is 0.805. The fourth-order valence-corrected chi connectivity index (χ4v) is 1.70. The van der Waals surface area contributed by atoms with Gasteiger partial charge in [0.25, 0.3) is 0 Å². The van der Waals surface area contributed by atoms with Gasteiger partial charge in [-0.15, -0.1) is 0 Å². The second-order valence-electron chi connectivity index (χ2n) is 3.07. The Labute approximate surface area is 95.1 Å². The Morgan fingerprint density at radius 2 is 1.93 bits per heavy atom. The molecule has 0 spiro atoms. The first-order valence-corrected chi connectivity index (χ1v) is 5.13. The Morgan fingerprint density at radius 3 is 2.60 bits per heavy atom. The van der Waals surface area contributed by atoms with Gasteiger partial charge in [0, 0.05) is 23.0 Å². The molecule has 2 N–H and O–H groups in total. The number of aromatic nitrogens is 1. The third-order valence-electron chi connectivity index (χ3n) is 2.07. The van der Waals surface area contributed by atoms with Crippen LogP contribution in [0.4, 0.5) is 10.1 Å². The number of pyridine rings is 1. The molecule has 2 nitrogen and oxygen atoms in total. The van der Waals surface area contributed by atoms with Crippen molar-refractivity contribution in [1.82, 2.24) is 4.98 Å². The molecule has 0 amide bonds. The molecule has 0 aliphatic carbocycles. The van der Waals surface area contributed by atoms with Crippen molar-refractivity contribution < 1.29 is 4.39 Å². The van der Waals surface area contributed by atoms with Crippen LogP contribution in [-0.2, 0) is 0 Å². The SMILES string of the molecule is Nc1cc(Br)ncc1-c1ccccc1F. The molecule has 0 atom stereocenters. The van der Waals surface area contributed by atoms with Gasteiger partial charge in [-0.2, -0.15) is 0 Å². The maximum atomic E-state index is 13.5. The lowest BCUT2D eigenvalue weighted by Gasteiger charge is -2.06. The average Bonchev–Trinajstić information content (AvgIpc) is 2.20. The van der Waals surface area contributed by atoms with Crippen molar-refractivity contribution in [2.75, 3.05) is 5.73 Å². The first-order valence-electron chi connectivity index (χ1n) is 4.34. The molecular weight excluding hydrogens is 259 g/mol. The lowest BCUT2D eigenvalue weighted by Crippen LogP contribution is -1.93. The first kappa shape index (κ1) is 10.1. The average molecular weight is 267 g/mol. The van der Waals surface area contributed by atoms with Crippen LogP contribution in [0.5, 0.6) is 0 Å². The monoisotopic (exact) mass is 266 g/mol. The van der Waals surface area contributed by atoms with E-state index >= 15 is 0 Å². The van der Waals surface area contributed by atoms with Crippen molar-refractivity contribution in [2.45, 2.75) is 0 Å². The maximum absolute atomic E-state index is 13.5. The third-order valence-corrected chi connectivity index (χ3v) is 2.50. The molecule has 1 aromatic carbocycles. The molecule has 0 aliphatic heterocycles. The lowest BCUT2D eigenvalue weighted by atomic mass is 10.1. The molecule has 0 unspecified atom stereocenters. The fraction of sp³-hybridized carbons (Fsp3) is 0. The topological polar surface area (TPSA) is 38.9 Å². The van der Waals surface area contributed by atoms with Crippen LogP contribution in [0.25, 0.3) is 11.1 Å². The maximum Gasteiger partial charge on any atom is 0.131 e. The number of halogens is 2. The summed E-state index contributed by atoms with van der Waals surface area (Å²) in [6.07, 6.45) is 1.55. The fourth-order valence-electron chi connectivity index (χ4n) is 1.35. The highest BCUT2D eigenvalue weighted by atomic mass is 79.9. The Morgan fingerprint density at radius 1 is 1.20 bits per heavy atom. The molecule has 0 saturated carbocycles. The first-order chi connectivity index (χ1) is 7.18. The standard InChI is InChI=1S/C11H8BrFN2/c12-11-5-10(14)8(6-15-11)7-3-1-2-4-9(7)13/h1-6H,(H2,14,15). The summed E-state index contributed by atoms with van der Waals surface area (Å²) >= 11 is 3.20. The van der Waals surface area contributed by atoms with E-state index in [0.717, 1.165) is 0 Å². The Balaban J connectivity index is 2.60. The molecule has 15 heavy (non-hydrogen) atoms. The molecule has 0 aliphatic rings. The number of nitrogens with zero attached hydrogens (tertiary/aromatic N) is 1. The van der Waals surface area contributed by atoms with Crippen molar-refractivity contribution in [1.29, 1.82) is 0 Å². The molecule has 2 aromatic rings. The number of anilines is 1. The summed E-state index contributed by atoms with van der Waals surface area (Å²) in [4.78, 5) is 4.03. The molecule has 1 heterocycles. The summed E-state index contributed by atoms with van der Waals surface area (Å²) < 4.78 is 14.1. The predicted molar refractivity (Wildman–Crippen MR) is 61.7 cm³/mol. The minimum atomic E-state index is -0.298. The summed E-state index contributed by atoms with van der Waals surface area (Å²) in [5, 5.41) is 0. The molecular formula is C11H8BrFN2. The van der Waals surface area contributed by atoms with E-state index in [4.69, 9.17) is 5.73 Å². The van der Waals surface area contributed by atoms with Crippen LogP contribution in [0, 0.1) is 5.82 Å². The summed E-state index contributed by atoms with van der Waals surface area (Å²) in [5.74, 6) is -0.298. The van der Waals surface area contributed by atoms with Gasteiger partial charge in [-0.1, -0.05) is 18.2 Å². The number of hydrogen-bond donors (Lipinski definition) is 1. The van der Waals surface area contributed by atoms with Gasteiger partial charge in [-0.3, -0.25) is 0 Å². The minimum absolute atomic E-state index is 0.298. The van der Waals surface area contributed by atoms with Gasteiger partial charge in [0.1, 0.15) is 10.4 Å². The third kappa shape index (κ3) is 1.99. The van der Waals surface area contributed by atoms with Gasteiger partial charge in [-0.25, -0.2) is 9.37 Å². The molecule has 2 rings (SSSR count). The van der Waals surface area contributed by atoms with Crippen LogP contribution in [0.1, 0.15) is 0 Å². The van der Waals surface area contributed by atoms with Crippen molar-refractivity contribution in [2.24, 2.45) is 0 Å². The Bertz CT molecular complexity index is 500. The molecule has 4 heteroatoms. The number of rotatable bonds is 1. The van der Waals surface area contributed by atoms with Crippen LogP contribution in [0.2, 0.25) is 0 Å². The van der Waals surface area contributed by atoms with Crippen LogP contribution in [0.3, 0.4) is 0 Å². The Hall–Kier alpha value is -1.42. The van der Waals surface area contributed by atoms with Crippen LogP contribution in [0.15, 0.2) is 41.1 Å². The van der Waals surface area contributed by atoms with Gasteiger partial charge >= 0.3 is 0 Å². The van der Waals surface area contributed by atoms with Crippen LogP contribution < -0.4 is 5.73 Å². The highest BCUT2D eigenvalue weighted by Gasteiger charge is 2.08. The number of benzene rings is 1. The molecule has 0 bridgehead atoms. The van der Waals surface area contributed by atoms with E-state index in [0.29, 0.717) is 21.4 Å². The van der Waals surface area contributed by atoms with Gasteiger partial charge in [0.2, 0.25) is 0 Å². The van der Waals surface area contributed by atoms with Gasteiger partial charge < -0.3 is 5.73 Å². The van der Waals surface area contributed by atoms with Gasteiger partial charge in [0.15, 0.2) is 0 Å². The predicted octanol–water partition coefficient (Wildman–Crippen LogP) is 3.23. The van der Waals surface area contributed by atoms with E-state index in [1.807, 2.05) is 0 Å². The van der Waals surface area contributed by atoms with E-state index in [1.165, 1.54) is 6.07 Å². The van der Waals surface area contributed by atoms with E-state index in [9.17, 15) is 4.39 Å². The molecule has 0 saturated heterocycles. The number of hydrogen-bond acceptors (Lipinski definition) is 2. The molecule has 76 valence electrons. The summed E-state index contributed by atoms with van der Waals surface area (Å²) in [7, 11) is 0. The van der Waals surface area contributed by atoms with Crippen molar-refractivity contribution in [3.8, 4) is 11.1 Å². The van der Waals surface area contributed by atoms with Gasteiger partial charge in [-0.05, 0) is 28.1 Å². The van der Waals surface area contributed by atoms with E-state index < -0.39 is 0 Å². The molecule has 0 radical (unpaired) electrons. The Kier molecular flexibility index (Phi) is 2.68. The van der Waals surface area contributed by atoms with E-state index in [-0.39, 0.29) is 5.82 Å². The van der Waals surface area contributed by atoms with Crippen LogP contribution >= 0.6 is 15.9 Å². The van der Waals surface area contributed by atoms with Crippen molar-refractivity contribution in [3.05, 3.63) is 46.9 Å². The van der Waals surface area contributed by atoms with Crippen LogP contribution in [-0.4, -0.2) is 4.98 Å². The number of nitrogen functional groups attached to an aromatic ring is 1. The van der Waals surface area contributed by atoms with E-state index in [2.05, 4.69) is 20.9 Å². The summed E-state index contributed by atoms with van der Waals surface area (Å²) in [6, 6.07) is 8.14. The number of nitrogens with two attached hydrogens (primary N) is 1. The zero-order valence-corrected chi connectivity index (χ0v) is 9.33. The summed E-state index contributed by atoms with van der Waals surface area (Å²) in [6.45, 7) is 0. The van der Waals surface area contributed by atoms with Crippen molar-refractivity contribution >= 4 is 21.6 Å². The second-order valence-corrected chi connectivity index (χ2v) is 3.89. The lowest BCUT2D eigenvalue weighted by molar-refractivity contribution is 0.631. The second kappa shape index (κ2) is 3.98. The smallest absolute Gasteiger partial charge is 0.131 e. The highest BCUT2D eigenvalue weighted by molar-refractivity contribution is 9.10. The largest absolute Gasteiger partial charge is 0.398 e. The zero-order valence-electron chi connectivity index (χ0n) is 7.74. The zero-order chi connectivity index (χ0) is 10.8. The normalized spacial score (nSPS) is 10.3.